The molecule has 0 spiro atoms. The van der Waals surface area contributed by atoms with Crippen LogP contribution in [0, 0.1) is 0 Å². The Morgan fingerprint density at radius 2 is 1.32 bits per heavy atom. The number of hydrogen-bond acceptors (Lipinski definition) is 1. The van der Waals surface area contributed by atoms with Gasteiger partial charge in [-0.05, 0) is 34.0 Å². The highest BCUT2D eigenvalue weighted by atomic mass is 79.9. The molecule has 1 nitrogen and oxygen atoms in total. The number of aliphatic hydroxyl groups is 1. The molecule has 25 heavy (non-hydrogen) atoms. The second-order valence-electron chi connectivity index (χ2n) is 6.47. The Labute approximate surface area is 154 Å². The zero-order valence-electron chi connectivity index (χ0n) is 13.4. The van der Waals surface area contributed by atoms with E-state index in [4.69, 9.17) is 0 Å². The molecule has 4 aromatic carbocycles. The monoisotopic (exact) mass is 386 g/mol. The van der Waals surface area contributed by atoms with E-state index in [-0.39, 0.29) is 0 Å². The van der Waals surface area contributed by atoms with Crippen LogP contribution in [0.2, 0.25) is 0 Å². The van der Waals surface area contributed by atoms with Gasteiger partial charge in [-0.2, -0.15) is 0 Å². The summed E-state index contributed by atoms with van der Waals surface area (Å²) in [7, 11) is 0. The minimum atomic E-state index is -1.16. The van der Waals surface area contributed by atoms with Gasteiger partial charge in [0.15, 0.2) is 0 Å². The first-order valence-electron chi connectivity index (χ1n) is 8.30. The van der Waals surface area contributed by atoms with Gasteiger partial charge in [0.25, 0.3) is 0 Å². The Bertz CT molecular complexity index is 1130. The van der Waals surface area contributed by atoms with Crippen LogP contribution in [0.3, 0.4) is 0 Å². The lowest BCUT2D eigenvalue weighted by Crippen LogP contribution is -2.26. The molecule has 1 aliphatic rings. The Morgan fingerprint density at radius 3 is 2.24 bits per heavy atom. The molecule has 0 aromatic heterocycles. The summed E-state index contributed by atoms with van der Waals surface area (Å²) in [5, 5.41) is 14.3. The number of rotatable bonds is 1. The average molecular weight is 387 g/mol. The zero-order chi connectivity index (χ0) is 17.0. The van der Waals surface area contributed by atoms with Gasteiger partial charge in [0.05, 0.1) is 0 Å². The highest BCUT2D eigenvalue weighted by Crippen LogP contribution is 2.52. The molecule has 4 aromatic rings. The van der Waals surface area contributed by atoms with Crippen molar-refractivity contribution in [1.82, 2.24) is 0 Å². The SMILES string of the molecule is OC1(c2cccc3ccccc23)c2ccccc2-c2ccc(Br)cc21. The third-order valence-electron chi connectivity index (χ3n) is 5.16. The maximum absolute atomic E-state index is 12.1. The summed E-state index contributed by atoms with van der Waals surface area (Å²) >= 11 is 3.57. The first-order chi connectivity index (χ1) is 12.2. The standard InChI is InChI=1S/C23H15BrO/c24-16-12-13-19-18-9-3-4-10-21(18)23(25,22(19)14-16)20-11-5-7-15-6-1-2-8-17(15)20/h1-14,25H. The van der Waals surface area contributed by atoms with E-state index in [2.05, 4.69) is 46.3 Å². The lowest BCUT2D eigenvalue weighted by molar-refractivity contribution is 0.132. The van der Waals surface area contributed by atoms with E-state index in [1.54, 1.807) is 0 Å². The molecule has 1 atom stereocenters. The molecule has 0 amide bonds. The normalized spacial score (nSPS) is 18.2. The van der Waals surface area contributed by atoms with Crippen LogP contribution >= 0.6 is 15.9 Å². The largest absolute Gasteiger partial charge is 0.376 e. The van der Waals surface area contributed by atoms with Gasteiger partial charge in [0.1, 0.15) is 5.60 Å². The van der Waals surface area contributed by atoms with Crippen molar-refractivity contribution in [1.29, 1.82) is 0 Å². The molecule has 0 aliphatic heterocycles. The van der Waals surface area contributed by atoms with E-state index in [0.717, 1.165) is 43.1 Å². The molecule has 0 saturated carbocycles. The molecule has 0 radical (unpaired) electrons. The Morgan fingerprint density at radius 1 is 0.640 bits per heavy atom. The van der Waals surface area contributed by atoms with Crippen LogP contribution in [-0.4, -0.2) is 5.11 Å². The molecule has 0 heterocycles. The summed E-state index contributed by atoms with van der Waals surface area (Å²) in [6, 6.07) is 28.7. The molecule has 0 bridgehead atoms. The van der Waals surface area contributed by atoms with Crippen LogP contribution in [0.5, 0.6) is 0 Å². The molecule has 5 rings (SSSR count). The van der Waals surface area contributed by atoms with Crippen molar-refractivity contribution < 1.29 is 5.11 Å². The number of fused-ring (bicyclic) bond motifs is 4. The van der Waals surface area contributed by atoms with Gasteiger partial charge < -0.3 is 5.11 Å². The Balaban J connectivity index is 1.93. The quantitative estimate of drug-likeness (QED) is 0.433. The molecule has 1 N–H and O–H groups in total. The minimum Gasteiger partial charge on any atom is -0.376 e. The van der Waals surface area contributed by atoms with Gasteiger partial charge in [0.2, 0.25) is 0 Å². The van der Waals surface area contributed by atoms with Gasteiger partial charge in [0, 0.05) is 21.2 Å². The lowest BCUT2D eigenvalue weighted by atomic mass is 9.82. The maximum atomic E-state index is 12.1. The van der Waals surface area contributed by atoms with Gasteiger partial charge in [-0.3, -0.25) is 0 Å². The second-order valence-corrected chi connectivity index (χ2v) is 7.39. The minimum absolute atomic E-state index is 0.926. The first-order valence-corrected chi connectivity index (χ1v) is 9.09. The second kappa shape index (κ2) is 5.29. The third-order valence-corrected chi connectivity index (χ3v) is 5.65. The van der Waals surface area contributed by atoms with Crippen molar-refractivity contribution in [3.8, 4) is 11.1 Å². The fourth-order valence-corrected chi connectivity index (χ4v) is 4.42. The Kier molecular flexibility index (Phi) is 3.15. The van der Waals surface area contributed by atoms with E-state index in [0.29, 0.717) is 0 Å². The van der Waals surface area contributed by atoms with Crippen molar-refractivity contribution >= 4 is 26.7 Å². The average Bonchev–Trinajstić information content (AvgIpc) is 2.91. The maximum Gasteiger partial charge on any atom is 0.142 e. The first kappa shape index (κ1) is 14.9. The molecule has 0 saturated heterocycles. The van der Waals surface area contributed by atoms with Crippen molar-refractivity contribution in [2.45, 2.75) is 5.60 Å². The molecule has 0 fully saturated rings. The fraction of sp³-hybridized carbons (Fsp3) is 0.0435. The summed E-state index contributed by atoms with van der Waals surface area (Å²) in [4.78, 5) is 0. The summed E-state index contributed by atoms with van der Waals surface area (Å²) in [6.07, 6.45) is 0. The topological polar surface area (TPSA) is 20.2 Å². The molecule has 1 aliphatic carbocycles. The highest BCUT2D eigenvalue weighted by molar-refractivity contribution is 9.10. The summed E-state index contributed by atoms with van der Waals surface area (Å²) in [6.45, 7) is 0. The zero-order valence-corrected chi connectivity index (χ0v) is 15.0. The Hall–Kier alpha value is -2.42. The van der Waals surface area contributed by atoms with Crippen LogP contribution in [0.4, 0.5) is 0 Å². The van der Waals surface area contributed by atoms with Crippen LogP contribution in [-0.2, 0) is 5.60 Å². The summed E-state index contributed by atoms with van der Waals surface area (Å²) < 4.78 is 0.970. The fourth-order valence-electron chi connectivity index (χ4n) is 4.06. The predicted octanol–water partition coefficient (Wildman–Crippen LogP) is 5.87. The molecular weight excluding hydrogens is 372 g/mol. The van der Waals surface area contributed by atoms with Crippen LogP contribution in [0.25, 0.3) is 21.9 Å². The van der Waals surface area contributed by atoms with Crippen molar-refractivity contribution in [2.75, 3.05) is 0 Å². The number of halogens is 1. The van der Waals surface area contributed by atoms with Gasteiger partial charge in [-0.15, -0.1) is 0 Å². The summed E-state index contributed by atoms with van der Waals surface area (Å²) in [5.41, 5.74) is 3.83. The highest BCUT2D eigenvalue weighted by Gasteiger charge is 2.43. The van der Waals surface area contributed by atoms with Crippen molar-refractivity contribution in [3.05, 3.63) is 106 Å². The van der Waals surface area contributed by atoms with Crippen LogP contribution < -0.4 is 0 Å². The van der Waals surface area contributed by atoms with Gasteiger partial charge in [-0.25, -0.2) is 0 Å². The van der Waals surface area contributed by atoms with E-state index >= 15 is 0 Å². The van der Waals surface area contributed by atoms with Gasteiger partial charge >= 0.3 is 0 Å². The number of benzene rings is 4. The van der Waals surface area contributed by atoms with Crippen molar-refractivity contribution in [3.63, 3.8) is 0 Å². The smallest absolute Gasteiger partial charge is 0.142 e. The number of hydrogen-bond donors (Lipinski definition) is 1. The van der Waals surface area contributed by atoms with E-state index in [9.17, 15) is 5.11 Å². The predicted molar refractivity (Wildman–Crippen MR) is 106 cm³/mol. The van der Waals surface area contributed by atoms with Crippen LogP contribution in [0.15, 0.2) is 89.4 Å². The van der Waals surface area contributed by atoms with E-state index in [1.807, 2.05) is 54.6 Å². The molecule has 1 unspecified atom stereocenters. The molecule has 2 heteroatoms. The third kappa shape index (κ3) is 1.98. The van der Waals surface area contributed by atoms with Crippen molar-refractivity contribution in [2.24, 2.45) is 0 Å². The molecular formula is C23H15BrO. The summed E-state index contributed by atoms with van der Waals surface area (Å²) in [5.74, 6) is 0. The van der Waals surface area contributed by atoms with E-state index < -0.39 is 5.60 Å². The van der Waals surface area contributed by atoms with Crippen LogP contribution in [0.1, 0.15) is 16.7 Å². The van der Waals surface area contributed by atoms with Gasteiger partial charge in [-0.1, -0.05) is 88.7 Å². The lowest BCUT2D eigenvalue weighted by Gasteiger charge is -2.28. The molecule has 120 valence electrons. The van der Waals surface area contributed by atoms with E-state index in [1.165, 1.54) is 0 Å².